The predicted octanol–water partition coefficient (Wildman–Crippen LogP) is 1.47. The topological polar surface area (TPSA) is 147 Å². The number of pyridine rings is 1. The Balaban J connectivity index is 1.86. The number of hydrogen-bond acceptors (Lipinski definition) is 6. The molecule has 0 radical (unpaired) electrons. The van der Waals surface area contributed by atoms with Crippen LogP contribution in [0.2, 0.25) is 0 Å². The van der Waals surface area contributed by atoms with Gasteiger partial charge in [-0.1, -0.05) is 25.1 Å². The Hall–Kier alpha value is -3.75. The molecular weight excluding hydrogens is 386 g/mol. The van der Waals surface area contributed by atoms with Crippen LogP contribution < -0.4 is 16.5 Å². The molecule has 1 aromatic carbocycles. The Labute approximate surface area is 174 Å². The minimum absolute atomic E-state index is 0.0721. The molecule has 1 atom stereocenters. The first-order valence-electron chi connectivity index (χ1n) is 9.51. The number of anilines is 1. The number of hydrogen-bond donors (Lipinski definition) is 4. The Morgan fingerprint density at radius 2 is 1.87 bits per heavy atom. The third-order valence-electron chi connectivity index (χ3n) is 4.37. The van der Waals surface area contributed by atoms with E-state index in [1.807, 2.05) is 6.92 Å². The number of carboxylic acids is 1. The summed E-state index contributed by atoms with van der Waals surface area (Å²) in [4.78, 5) is 40.0. The molecule has 0 saturated heterocycles. The number of carbonyl (C=O) groups excluding carboxylic acids is 2. The van der Waals surface area contributed by atoms with Gasteiger partial charge in [-0.05, 0) is 35.7 Å². The van der Waals surface area contributed by atoms with Crippen LogP contribution >= 0.6 is 0 Å². The second-order valence-corrected chi connectivity index (χ2v) is 6.57. The smallest absolute Gasteiger partial charge is 0.326 e. The number of nitrogens with two attached hydrogens (primary N) is 1. The van der Waals surface area contributed by atoms with Crippen molar-refractivity contribution in [3.8, 4) is 0 Å². The molecule has 2 aromatic rings. The second-order valence-electron chi connectivity index (χ2n) is 6.57. The molecule has 0 aliphatic heterocycles. The van der Waals surface area contributed by atoms with Gasteiger partial charge in [0.2, 0.25) is 11.8 Å². The van der Waals surface area contributed by atoms with Gasteiger partial charge in [0.05, 0.1) is 6.21 Å². The van der Waals surface area contributed by atoms with E-state index in [9.17, 15) is 19.5 Å². The zero-order chi connectivity index (χ0) is 21.9. The van der Waals surface area contributed by atoms with E-state index >= 15 is 0 Å². The van der Waals surface area contributed by atoms with Gasteiger partial charge >= 0.3 is 5.97 Å². The third kappa shape index (κ3) is 7.01. The molecule has 0 aliphatic carbocycles. The zero-order valence-corrected chi connectivity index (χ0v) is 16.7. The summed E-state index contributed by atoms with van der Waals surface area (Å²) >= 11 is 0. The summed E-state index contributed by atoms with van der Waals surface area (Å²) in [7, 11) is 0. The number of amides is 2. The molecule has 9 nitrogen and oxygen atoms in total. The number of aryl methyl sites for hydroxylation is 1. The zero-order valence-electron chi connectivity index (χ0n) is 16.7. The van der Waals surface area contributed by atoms with Crippen LogP contribution in [0.1, 0.15) is 36.6 Å². The van der Waals surface area contributed by atoms with E-state index in [-0.39, 0.29) is 25.2 Å². The Kier molecular flexibility index (Phi) is 8.49. The molecule has 158 valence electrons. The highest BCUT2D eigenvalue weighted by molar-refractivity contribution is 5.94. The number of aliphatic carboxylic acids is 1. The molecule has 5 N–H and O–H groups in total. The Morgan fingerprint density at radius 3 is 2.50 bits per heavy atom. The van der Waals surface area contributed by atoms with Crippen LogP contribution in [0.5, 0.6) is 0 Å². The molecule has 0 saturated carbocycles. The fraction of sp³-hybridized carbons (Fsp3) is 0.286. The van der Waals surface area contributed by atoms with Crippen molar-refractivity contribution < 1.29 is 19.5 Å². The van der Waals surface area contributed by atoms with Crippen molar-refractivity contribution >= 4 is 29.7 Å². The maximum Gasteiger partial charge on any atom is 0.326 e. The Bertz CT molecular complexity index is 912. The van der Waals surface area contributed by atoms with Gasteiger partial charge in [0, 0.05) is 36.8 Å². The average molecular weight is 411 g/mol. The molecule has 30 heavy (non-hydrogen) atoms. The van der Waals surface area contributed by atoms with Crippen LogP contribution in [0.4, 0.5) is 5.69 Å². The number of carbonyl (C=O) groups is 3. The van der Waals surface area contributed by atoms with Gasteiger partial charge in [0.1, 0.15) is 6.04 Å². The highest BCUT2D eigenvalue weighted by atomic mass is 16.4. The van der Waals surface area contributed by atoms with E-state index in [1.54, 1.807) is 42.6 Å². The van der Waals surface area contributed by atoms with Crippen molar-refractivity contribution in [3.05, 3.63) is 59.4 Å². The molecule has 2 amide bonds. The molecule has 1 unspecified atom stereocenters. The van der Waals surface area contributed by atoms with E-state index in [2.05, 4.69) is 20.7 Å². The lowest BCUT2D eigenvalue weighted by molar-refractivity contribution is -0.141. The maximum absolute atomic E-state index is 12.2. The number of aromatic nitrogens is 1. The van der Waals surface area contributed by atoms with Crippen LogP contribution in [0.25, 0.3) is 0 Å². The van der Waals surface area contributed by atoms with Gasteiger partial charge in [-0.2, -0.15) is 5.10 Å². The first-order chi connectivity index (χ1) is 14.4. The highest BCUT2D eigenvalue weighted by Gasteiger charge is 2.22. The molecule has 9 heteroatoms. The quantitative estimate of drug-likeness (QED) is 0.264. The van der Waals surface area contributed by atoms with Gasteiger partial charge in [-0.3, -0.25) is 14.6 Å². The van der Waals surface area contributed by atoms with Crippen molar-refractivity contribution in [3.63, 3.8) is 0 Å². The second kappa shape index (κ2) is 11.3. The minimum atomic E-state index is -1.14. The summed E-state index contributed by atoms with van der Waals surface area (Å²) in [6, 6.07) is 9.29. The third-order valence-corrected chi connectivity index (χ3v) is 4.37. The van der Waals surface area contributed by atoms with Gasteiger partial charge in [0.15, 0.2) is 0 Å². The summed E-state index contributed by atoms with van der Waals surface area (Å²) in [5, 5.41) is 18.0. The van der Waals surface area contributed by atoms with E-state index in [0.717, 1.165) is 16.8 Å². The van der Waals surface area contributed by atoms with Gasteiger partial charge in [-0.25, -0.2) is 4.79 Å². The lowest BCUT2D eigenvalue weighted by Gasteiger charge is -2.16. The minimum Gasteiger partial charge on any atom is -0.480 e. The van der Waals surface area contributed by atoms with Crippen LogP contribution in [-0.4, -0.2) is 40.1 Å². The monoisotopic (exact) mass is 411 g/mol. The molecular formula is C21H25N5O4. The van der Waals surface area contributed by atoms with Crippen molar-refractivity contribution in [2.45, 2.75) is 38.6 Å². The lowest BCUT2D eigenvalue weighted by Crippen LogP contribution is -2.42. The fourth-order valence-electron chi connectivity index (χ4n) is 2.85. The molecule has 2 rings (SSSR count). The number of carboxylic acid groups (broad SMARTS) is 1. The van der Waals surface area contributed by atoms with Gasteiger partial charge in [0.25, 0.3) is 0 Å². The number of rotatable bonds is 10. The summed E-state index contributed by atoms with van der Waals surface area (Å²) in [5.74, 6) is 3.09. The standard InChI is InChI=1S/C21H25N5O4/c1-2-17-15(4-3-11-23-17)12-18(21(29)30)26-20(28)10-9-19(27)25-16-7-5-14(6-8-16)13-24-22/h3-8,11,13,18H,2,9-10,12,22H2,1H3,(H,25,27)(H,26,28)(H,29,30). The molecule has 0 aliphatic rings. The van der Waals surface area contributed by atoms with Crippen molar-refractivity contribution in [2.75, 3.05) is 5.32 Å². The summed E-state index contributed by atoms with van der Waals surface area (Å²) in [6.07, 6.45) is 3.72. The van der Waals surface area contributed by atoms with E-state index < -0.39 is 17.9 Å². The first-order valence-corrected chi connectivity index (χ1v) is 9.51. The normalized spacial score (nSPS) is 11.8. The SMILES string of the molecule is CCc1ncccc1CC(NC(=O)CCC(=O)Nc1ccc(C=NN)cc1)C(=O)O. The van der Waals surface area contributed by atoms with E-state index in [1.165, 1.54) is 6.21 Å². The largest absolute Gasteiger partial charge is 0.480 e. The molecule has 0 spiro atoms. The Morgan fingerprint density at radius 1 is 1.17 bits per heavy atom. The van der Waals surface area contributed by atoms with E-state index in [4.69, 9.17) is 5.84 Å². The fourth-order valence-corrected chi connectivity index (χ4v) is 2.85. The van der Waals surface area contributed by atoms with Crippen LogP contribution in [0, 0.1) is 0 Å². The number of nitrogens with zero attached hydrogens (tertiary/aromatic N) is 2. The van der Waals surface area contributed by atoms with E-state index in [0.29, 0.717) is 12.1 Å². The van der Waals surface area contributed by atoms with Crippen molar-refractivity contribution in [2.24, 2.45) is 10.9 Å². The summed E-state index contributed by atoms with van der Waals surface area (Å²) in [5.41, 5.74) is 2.92. The van der Waals surface area contributed by atoms with Crippen molar-refractivity contribution in [1.29, 1.82) is 0 Å². The van der Waals surface area contributed by atoms with Gasteiger partial charge in [-0.15, -0.1) is 0 Å². The summed E-state index contributed by atoms with van der Waals surface area (Å²) < 4.78 is 0. The highest BCUT2D eigenvalue weighted by Crippen LogP contribution is 2.11. The van der Waals surface area contributed by atoms with Crippen LogP contribution in [-0.2, 0) is 27.2 Å². The van der Waals surface area contributed by atoms with Crippen LogP contribution in [0.15, 0.2) is 47.7 Å². The predicted molar refractivity (Wildman–Crippen MR) is 113 cm³/mol. The first kappa shape index (κ1) is 22.5. The molecule has 1 aromatic heterocycles. The van der Waals surface area contributed by atoms with Crippen LogP contribution in [0.3, 0.4) is 0 Å². The molecule has 0 bridgehead atoms. The number of benzene rings is 1. The number of nitrogens with one attached hydrogen (secondary N) is 2. The lowest BCUT2D eigenvalue weighted by atomic mass is 10.0. The van der Waals surface area contributed by atoms with Gasteiger partial charge < -0.3 is 21.6 Å². The summed E-state index contributed by atoms with van der Waals surface area (Å²) in [6.45, 7) is 1.93. The molecule has 0 fully saturated rings. The van der Waals surface area contributed by atoms with Crippen molar-refractivity contribution in [1.82, 2.24) is 10.3 Å². The maximum atomic E-state index is 12.2. The average Bonchev–Trinajstić information content (AvgIpc) is 2.73. The molecule has 1 heterocycles. The number of hydrazone groups is 1.